The number of carbonyl (C=O) groups is 1. The molecule has 2 rings (SSSR count). The molecule has 1 fully saturated rings. The van der Waals surface area contributed by atoms with Gasteiger partial charge in [0.2, 0.25) is 0 Å². The monoisotopic (exact) mass is 297 g/mol. The topological polar surface area (TPSA) is 29.5 Å². The number of ether oxygens (including phenoxy) is 1. The van der Waals surface area contributed by atoms with Crippen LogP contribution < -0.4 is 4.74 Å². The fourth-order valence-electron chi connectivity index (χ4n) is 2.41. The number of nitrogens with zero attached hydrogens (tertiary/aromatic N) is 1. The van der Waals surface area contributed by atoms with Crippen LogP contribution in [0.15, 0.2) is 18.2 Å². The fraction of sp³-hybridized carbons (Fsp3) is 0.533. The molecule has 1 unspecified atom stereocenters. The zero-order valence-corrected chi connectivity index (χ0v) is 12.7. The van der Waals surface area contributed by atoms with E-state index < -0.39 is 5.82 Å². The Balaban J connectivity index is 2.01. The number of carbonyl (C=O) groups excluding carboxylic acids is 1. The molecule has 0 aromatic heterocycles. The van der Waals surface area contributed by atoms with Gasteiger partial charge in [-0.1, -0.05) is 6.07 Å². The van der Waals surface area contributed by atoms with E-state index >= 15 is 0 Å². The second kappa shape index (κ2) is 7.09. The van der Waals surface area contributed by atoms with Crippen molar-refractivity contribution in [2.24, 2.45) is 0 Å². The van der Waals surface area contributed by atoms with E-state index in [2.05, 4.69) is 11.8 Å². The predicted octanol–water partition coefficient (Wildman–Crippen LogP) is 2.84. The number of hydrogen-bond acceptors (Lipinski definition) is 4. The Kier molecular flexibility index (Phi) is 5.43. The quantitative estimate of drug-likeness (QED) is 0.782. The normalized spacial score (nSPS) is 19.9. The van der Waals surface area contributed by atoms with Crippen molar-refractivity contribution in [3.05, 3.63) is 29.6 Å². The average molecular weight is 297 g/mol. The van der Waals surface area contributed by atoms with E-state index in [4.69, 9.17) is 4.74 Å². The Labute approximate surface area is 123 Å². The molecule has 1 aromatic rings. The highest BCUT2D eigenvalue weighted by molar-refractivity contribution is 7.99. The highest BCUT2D eigenvalue weighted by atomic mass is 32.2. The lowest BCUT2D eigenvalue weighted by Crippen LogP contribution is -2.41. The molecule has 0 amide bonds. The van der Waals surface area contributed by atoms with Crippen molar-refractivity contribution in [3.8, 4) is 5.75 Å². The van der Waals surface area contributed by atoms with Gasteiger partial charge in [-0.3, -0.25) is 9.69 Å². The molecule has 5 heteroatoms. The molecule has 0 radical (unpaired) electrons. The van der Waals surface area contributed by atoms with Crippen molar-refractivity contribution in [1.29, 1.82) is 0 Å². The maximum atomic E-state index is 13.8. The summed E-state index contributed by atoms with van der Waals surface area (Å²) in [6.45, 7) is 3.84. The summed E-state index contributed by atoms with van der Waals surface area (Å²) in [4.78, 5) is 14.5. The molecule has 20 heavy (non-hydrogen) atoms. The molecule has 0 saturated carbocycles. The minimum absolute atomic E-state index is 0.0778. The number of Topliss-reactive ketones (excluding diaryl/α,β-unsaturated/α-hetero) is 1. The molecule has 0 bridgehead atoms. The predicted molar refractivity (Wildman–Crippen MR) is 80.3 cm³/mol. The largest absolute Gasteiger partial charge is 0.496 e. The zero-order valence-electron chi connectivity index (χ0n) is 11.9. The summed E-state index contributed by atoms with van der Waals surface area (Å²) in [6, 6.07) is 4.95. The van der Waals surface area contributed by atoms with E-state index in [1.54, 1.807) is 12.1 Å². The van der Waals surface area contributed by atoms with E-state index in [0.29, 0.717) is 24.8 Å². The summed E-state index contributed by atoms with van der Waals surface area (Å²) in [5.41, 5.74) is 0.0778. The molecule has 3 nitrogen and oxygen atoms in total. The minimum Gasteiger partial charge on any atom is -0.496 e. The highest BCUT2D eigenvalue weighted by Crippen LogP contribution is 2.23. The number of thioether (sulfide) groups is 1. The van der Waals surface area contributed by atoms with E-state index in [1.807, 2.05) is 11.8 Å². The van der Waals surface area contributed by atoms with E-state index in [9.17, 15) is 9.18 Å². The Hall–Kier alpha value is -1.07. The van der Waals surface area contributed by atoms with Crippen molar-refractivity contribution in [2.45, 2.75) is 19.4 Å². The minimum atomic E-state index is -0.503. The van der Waals surface area contributed by atoms with Crippen LogP contribution in [0.25, 0.3) is 0 Å². The summed E-state index contributed by atoms with van der Waals surface area (Å²) < 4.78 is 18.9. The fourth-order valence-corrected chi connectivity index (χ4v) is 3.49. The van der Waals surface area contributed by atoms with Gasteiger partial charge in [-0.05, 0) is 19.1 Å². The molecule has 0 spiro atoms. The molecule has 0 N–H and O–H groups in total. The Bertz CT molecular complexity index is 481. The molecule has 1 heterocycles. The summed E-state index contributed by atoms with van der Waals surface area (Å²) in [6.07, 6.45) is 0.326. The van der Waals surface area contributed by atoms with Crippen molar-refractivity contribution in [3.63, 3.8) is 0 Å². The first-order valence-electron chi connectivity index (χ1n) is 6.81. The van der Waals surface area contributed by atoms with Crippen LogP contribution in [0.4, 0.5) is 4.39 Å². The first kappa shape index (κ1) is 15.3. The van der Waals surface area contributed by atoms with Gasteiger partial charge in [0, 0.05) is 37.1 Å². The van der Waals surface area contributed by atoms with Crippen molar-refractivity contribution >= 4 is 17.5 Å². The molecule has 0 aliphatic carbocycles. The lowest BCUT2D eigenvalue weighted by molar-refractivity contribution is 0.0950. The van der Waals surface area contributed by atoms with Gasteiger partial charge in [0.25, 0.3) is 0 Å². The highest BCUT2D eigenvalue weighted by Gasteiger charge is 2.22. The van der Waals surface area contributed by atoms with Gasteiger partial charge < -0.3 is 4.74 Å². The SMILES string of the molecule is COc1cccc(F)c1C(=O)CCN1CCSCC1C. The van der Waals surface area contributed by atoms with Crippen LogP contribution in [0.1, 0.15) is 23.7 Å². The zero-order chi connectivity index (χ0) is 14.5. The van der Waals surface area contributed by atoms with Crippen molar-refractivity contribution in [1.82, 2.24) is 4.90 Å². The van der Waals surface area contributed by atoms with E-state index in [1.165, 1.54) is 13.2 Å². The number of halogens is 1. The maximum absolute atomic E-state index is 13.8. The Morgan fingerprint density at radius 3 is 3.05 bits per heavy atom. The first-order chi connectivity index (χ1) is 9.63. The summed E-state index contributed by atoms with van der Waals surface area (Å²) >= 11 is 1.94. The van der Waals surface area contributed by atoms with Gasteiger partial charge in [-0.15, -0.1) is 0 Å². The first-order valence-corrected chi connectivity index (χ1v) is 7.96. The van der Waals surface area contributed by atoms with Gasteiger partial charge in [0.1, 0.15) is 11.6 Å². The van der Waals surface area contributed by atoms with E-state index in [-0.39, 0.29) is 11.3 Å². The van der Waals surface area contributed by atoms with Crippen molar-refractivity contribution in [2.75, 3.05) is 31.7 Å². The molecule has 1 aromatic carbocycles. The molecule has 110 valence electrons. The van der Waals surface area contributed by atoms with Crippen LogP contribution in [0, 0.1) is 5.82 Å². The van der Waals surface area contributed by atoms with Gasteiger partial charge in [0.15, 0.2) is 5.78 Å². The smallest absolute Gasteiger partial charge is 0.170 e. The third-order valence-electron chi connectivity index (χ3n) is 3.61. The Morgan fingerprint density at radius 1 is 1.55 bits per heavy atom. The molecule has 1 saturated heterocycles. The second-order valence-electron chi connectivity index (χ2n) is 4.95. The van der Waals surface area contributed by atoms with Crippen LogP contribution in [-0.2, 0) is 0 Å². The number of benzene rings is 1. The summed E-state index contributed by atoms with van der Waals surface area (Å²) in [7, 11) is 1.45. The van der Waals surface area contributed by atoms with Crippen LogP contribution in [0.3, 0.4) is 0 Å². The third kappa shape index (κ3) is 3.52. The second-order valence-corrected chi connectivity index (χ2v) is 6.10. The lowest BCUT2D eigenvalue weighted by atomic mass is 10.1. The number of ketones is 1. The molecule has 1 atom stereocenters. The molecular weight excluding hydrogens is 277 g/mol. The summed E-state index contributed by atoms with van der Waals surface area (Å²) in [5, 5.41) is 0. The Morgan fingerprint density at radius 2 is 2.35 bits per heavy atom. The van der Waals surface area contributed by atoms with E-state index in [0.717, 1.165) is 18.1 Å². The molecule has 1 aliphatic heterocycles. The molecule has 1 aliphatic rings. The van der Waals surface area contributed by atoms with Crippen LogP contribution in [0.2, 0.25) is 0 Å². The van der Waals surface area contributed by atoms with Gasteiger partial charge in [-0.25, -0.2) is 4.39 Å². The average Bonchev–Trinajstić information content (AvgIpc) is 2.45. The van der Waals surface area contributed by atoms with Crippen molar-refractivity contribution < 1.29 is 13.9 Å². The third-order valence-corrected chi connectivity index (χ3v) is 4.79. The lowest BCUT2D eigenvalue weighted by Gasteiger charge is -2.32. The number of methoxy groups -OCH3 is 1. The van der Waals surface area contributed by atoms with Gasteiger partial charge in [0.05, 0.1) is 12.7 Å². The van der Waals surface area contributed by atoms with Gasteiger partial charge >= 0.3 is 0 Å². The maximum Gasteiger partial charge on any atom is 0.170 e. The molecular formula is C15H20FNO2S. The number of hydrogen-bond donors (Lipinski definition) is 0. The summed E-state index contributed by atoms with van der Waals surface area (Å²) in [5.74, 6) is 1.82. The standard InChI is InChI=1S/C15H20FNO2S/c1-11-10-20-9-8-17(11)7-6-13(18)15-12(16)4-3-5-14(15)19-2/h3-5,11H,6-10H2,1-2H3. The van der Waals surface area contributed by atoms with Gasteiger partial charge in [-0.2, -0.15) is 11.8 Å². The number of rotatable bonds is 5. The van der Waals surface area contributed by atoms with Crippen LogP contribution >= 0.6 is 11.8 Å². The van der Waals surface area contributed by atoms with Crippen LogP contribution in [0.5, 0.6) is 5.75 Å². The van der Waals surface area contributed by atoms with Crippen LogP contribution in [-0.4, -0.2) is 48.4 Å².